The SMILES string of the molecule is C=CC(NC)C1Cc2ccccc2C1. The number of benzene rings is 1. The van der Waals surface area contributed by atoms with Crippen molar-refractivity contribution in [2.75, 3.05) is 7.05 Å². The number of hydrogen-bond acceptors (Lipinski definition) is 1. The Morgan fingerprint density at radius 2 is 1.93 bits per heavy atom. The minimum atomic E-state index is 0.447. The van der Waals surface area contributed by atoms with Crippen LogP contribution in [0.1, 0.15) is 11.1 Å². The molecule has 0 amide bonds. The monoisotopic (exact) mass is 187 g/mol. The van der Waals surface area contributed by atoms with Gasteiger partial charge in [-0.15, -0.1) is 6.58 Å². The van der Waals surface area contributed by atoms with Crippen molar-refractivity contribution < 1.29 is 0 Å². The average molecular weight is 187 g/mol. The van der Waals surface area contributed by atoms with Crippen LogP contribution in [0.5, 0.6) is 0 Å². The third-order valence-corrected chi connectivity index (χ3v) is 3.18. The normalized spacial score (nSPS) is 17.8. The maximum Gasteiger partial charge on any atom is 0.0279 e. The molecule has 74 valence electrons. The molecule has 1 aliphatic rings. The van der Waals surface area contributed by atoms with E-state index in [1.165, 1.54) is 24.0 Å². The molecule has 1 aromatic carbocycles. The molecule has 1 N–H and O–H groups in total. The molecule has 1 heteroatoms. The topological polar surface area (TPSA) is 12.0 Å². The minimum Gasteiger partial charge on any atom is -0.313 e. The van der Waals surface area contributed by atoms with Gasteiger partial charge in [-0.1, -0.05) is 30.3 Å². The molecule has 0 fully saturated rings. The lowest BCUT2D eigenvalue weighted by Crippen LogP contribution is -2.31. The van der Waals surface area contributed by atoms with Gasteiger partial charge in [-0.05, 0) is 36.9 Å². The Labute approximate surface area is 85.8 Å². The van der Waals surface area contributed by atoms with Gasteiger partial charge in [0, 0.05) is 6.04 Å². The summed E-state index contributed by atoms with van der Waals surface area (Å²) >= 11 is 0. The lowest BCUT2D eigenvalue weighted by molar-refractivity contribution is 0.447. The molecule has 0 saturated carbocycles. The number of nitrogens with one attached hydrogen (secondary N) is 1. The summed E-state index contributed by atoms with van der Waals surface area (Å²) in [5, 5.41) is 3.31. The highest BCUT2D eigenvalue weighted by atomic mass is 14.9. The maximum atomic E-state index is 3.88. The van der Waals surface area contributed by atoms with E-state index in [9.17, 15) is 0 Å². The smallest absolute Gasteiger partial charge is 0.0279 e. The molecule has 14 heavy (non-hydrogen) atoms. The summed E-state index contributed by atoms with van der Waals surface area (Å²) in [5.74, 6) is 0.690. The first-order chi connectivity index (χ1) is 6.85. The molecule has 1 unspecified atom stereocenters. The van der Waals surface area contributed by atoms with Gasteiger partial charge in [0.25, 0.3) is 0 Å². The van der Waals surface area contributed by atoms with Crippen molar-refractivity contribution in [1.29, 1.82) is 0 Å². The fourth-order valence-corrected chi connectivity index (χ4v) is 2.39. The zero-order valence-electron chi connectivity index (χ0n) is 8.66. The highest BCUT2D eigenvalue weighted by Crippen LogP contribution is 2.28. The van der Waals surface area contributed by atoms with Crippen LogP contribution < -0.4 is 5.32 Å². The molecule has 0 bridgehead atoms. The Bertz CT molecular complexity index is 305. The summed E-state index contributed by atoms with van der Waals surface area (Å²) in [7, 11) is 2.01. The first kappa shape index (κ1) is 9.47. The van der Waals surface area contributed by atoms with E-state index in [1.807, 2.05) is 13.1 Å². The summed E-state index contributed by atoms with van der Waals surface area (Å²) in [6.45, 7) is 3.88. The second kappa shape index (κ2) is 3.97. The van der Waals surface area contributed by atoms with Gasteiger partial charge in [0.05, 0.1) is 0 Å². The van der Waals surface area contributed by atoms with E-state index in [0.717, 1.165) is 0 Å². The van der Waals surface area contributed by atoms with Crippen LogP contribution in [-0.4, -0.2) is 13.1 Å². The van der Waals surface area contributed by atoms with Gasteiger partial charge in [0.1, 0.15) is 0 Å². The van der Waals surface area contributed by atoms with Crippen LogP contribution in [0.4, 0.5) is 0 Å². The van der Waals surface area contributed by atoms with Crippen LogP contribution in [0.25, 0.3) is 0 Å². The van der Waals surface area contributed by atoms with Crippen LogP contribution in [0.3, 0.4) is 0 Å². The second-order valence-corrected chi connectivity index (χ2v) is 3.99. The molecule has 0 radical (unpaired) electrons. The fraction of sp³-hybridized carbons (Fsp3) is 0.385. The highest BCUT2D eigenvalue weighted by molar-refractivity contribution is 5.33. The molecule has 1 nitrogen and oxygen atoms in total. The first-order valence-electron chi connectivity index (χ1n) is 5.21. The predicted molar refractivity (Wildman–Crippen MR) is 60.4 cm³/mol. The van der Waals surface area contributed by atoms with Crippen molar-refractivity contribution in [1.82, 2.24) is 5.32 Å². The van der Waals surface area contributed by atoms with E-state index in [-0.39, 0.29) is 0 Å². The Morgan fingerprint density at radius 3 is 2.36 bits per heavy atom. The third kappa shape index (κ3) is 1.60. The quantitative estimate of drug-likeness (QED) is 0.715. The van der Waals surface area contributed by atoms with E-state index in [4.69, 9.17) is 0 Å². The Balaban J connectivity index is 2.14. The lowest BCUT2D eigenvalue weighted by Gasteiger charge is -2.18. The Kier molecular flexibility index (Phi) is 2.69. The van der Waals surface area contributed by atoms with Crippen LogP contribution in [0, 0.1) is 5.92 Å². The third-order valence-electron chi connectivity index (χ3n) is 3.18. The zero-order valence-corrected chi connectivity index (χ0v) is 8.66. The number of likely N-dealkylation sites (N-methyl/N-ethyl adjacent to an activating group) is 1. The van der Waals surface area contributed by atoms with Crippen molar-refractivity contribution in [2.24, 2.45) is 5.92 Å². The largest absolute Gasteiger partial charge is 0.313 e. The Morgan fingerprint density at radius 1 is 1.36 bits per heavy atom. The molecular formula is C13H17N. The molecule has 0 aromatic heterocycles. The van der Waals surface area contributed by atoms with E-state index in [2.05, 4.69) is 36.2 Å². The molecule has 0 heterocycles. The van der Waals surface area contributed by atoms with Gasteiger partial charge in [-0.25, -0.2) is 0 Å². The predicted octanol–water partition coefficient (Wildman–Crippen LogP) is 2.18. The van der Waals surface area contributed by atoms with Crippen molar-refractivity contribution in [3.63, 3.8) is 0 Å². The van der Waals surface area contributed by atoms with E-state index in [1.54, 1.807) is 0 Å². The van der Waals surface area contributed by atoms with Crippen LogP contribution in [-0.2, 0) is 12.8 Å². The van der Waals surface area contributed by atoms with Gasteiger partial charge in [0.2, 0.25) is 0 Å². The highest BCUT2D eigenvalue weighted by Gasteiger charge is 2.25. The molecule has 0 aliphatic heterocycles. The molecule has 0 saturated heterocycles. The summed E-state index contributed by atoms with van der Waals surface area (Å²) in [5.41, 5.74) is 3.03. The van der Waals surface area contributed by atoms with Crippen molar-refractivity contribution in [3.05, 3.63) is 48.0 Å². The fourth-order valence-electron chi connectivity index (χ4n) is 2.39. The van der Waals surface area contributed by atoms with E-state index >= 15 is 0 Å². The van der Waals surface area contributed by atoms with Crippen molar-refractivity contribution in [2.45, 2.75) is 18.9 Å². The lowest BCUT2D eigenvalue weighted by atomic mass is 9.97. The molecule has 2 rings (SSSR count). The second-order valence-electron chi connectivity index (χ2n) is 3.99. The van der Waals surface area contributed by atoms with Crippen LogP contribution in [0.15, 0.2) is 36.9 Å². The maximum absolute atomic E-state index is 3.88. The summed E-state index contributed by atoms with van der Waals surface area (Å²) in [4.78, 5) is 0. The number of rotatable bonds is 3. The van der Waals surface area contributed by atoms with Gasteiger partial charge in [-0.3, -0.25) is 0 Å². The molecule has 1 aromatic rings. The van der Waals surface area contributed by atoms with Crippen molar-refractivity contribution in [3.8, 4) is 0 Å². The minimum absolute atomic E-state index is 0.447. The molecular weight excluding hydrogens is 170 g/mol. The summed E-state index contributed by atoms with van der Waals surface area (Å²) in [6.07, 6.45) is 4.40. The van der Waals surface area contributed by atoms with Crippen molar-refractivity contribution >= 4 is 0 Å². The van der Waals surface area contributed by atoms with Gasteiger partial charge >= 0.3 is 0 Å². The van der Waals surface area contributed by atoms with E-state index < -0.39 is 0 Å². The molecule has 1 atom stereocenters. The van der Waals surface area contributed by atoms with Gasteiger partial charge in [0.15, 0.2) is 0 Å². The summed E-state index contributed by atoms with van der Waals surface area (Å²) in [6, 6.07) is 9.19. The Hall–Kier alpha value is -1.08. The standard InChI is InChI=1S/C13H17N/c1-3-13(14-2)12-8-10-6-4-5-7-11(10)9-12/h3-7,12-14H,1,8-9H2,2H3. The average Bonchev–Trinajstić information content (AvgIpc) is 2.63. The first-order valence-corrected chi connectivity index (χ1v) is 5.21. The van der Waals surface area contributed by atoms with Crippen LogP contribution >= 0.6 is 0 Å². The number of hydrogen-bond donors (Lipinski definition) is 1. The number of fused-ring (bicyclic) bond motifs is 1. The van der Waals surface area contributed by atoms with Gasteiger partial charge < -0.3 is 5.32 Å². The van der Waals surface area contributed by atoms with Crippen LogP contribution in [0.2, 0.25) is 0 Å². The zero-order chi connectivity index (χ0) is 9.97. The molecule has 1 aliphatic carbocycles. The molecule has 0 spiro atoms. The van der Waals surface area contributed by atoms with Gasteiger partial charge in [-0.2, -0.15) is 0 Å². The summed E-state index contributed by atoms with van der Waals surface area (Å²) < 4.78 is 0. The van der Waals surface area contributed by atoms with E-state index in [0.29, 0.717) is 12.0 Å².